The van der Waals surface area contributed by atoms with Crippen molar-refractivity contribution in [2.45, 2.75) is 25.9 Å². The normalized spacial score (nSPS) is 11.0. The van der Waals surface area contributed by atoms with Crippen molar-refractivity contribution < 1.29 is 14.3 Å². The summed E-state index contributed by atoms with van der Waals surface area (Å²) >= 11 is 2.12. The van der Waals surface area contributed by atoms with Gasteiger partial charge in [-0.2, -0.15) is 15.3 Å². The standard InChI is InChI=1S/C20H20N8O3S2/c1-4-31-18(30)16-11(2)14(8-21)17(33-16)23-15(29)10-32-20-24-19(27-28-20)26-25-12(3)13-6-5-7-22-9-13/h5-7,9H,4,10H2,1-3H3,(H,23,29)(H2,24,26,27,28)/b25-12-. The number of hydrazone groups is 1. The molecule has 0 aliphatic heterocycles. The fourth-order valence-corrected chi connectivity index (χ4v) is 4.23. The zero-order valence-electron chi connectivity index (χ0n) is 18.0. The van der Waals surface area contributed by atoms with Gasteiger partial charge in [0.25, 0.3) is 0 Å². The molecular formula is C20H20N8O3S2. The van der Waals surface area contributed by atoms with E-state index < -0.39 is 5.97 Å². The van der Waals surface area contributed by atoms with E-state index in [1.54, 1.807) is 26.2 Å². The first kappa shape index (κ1) is 23.9. The molecule has 3 rings (SSSR count). The summed E-state index contributed by atoms with van der Waals surface area (Å²) < 4.78 is 5.00. The van der Waals surface area contributed by atoms with Gasteiger partial charge in [-0.15, -0.1) is 16.4 Å². The average Bonchev–Trinajstić information content (AvgIpc) is 3.40. The molecule has 0 unspecified atom stereocenters. The van der Waals surface area contributed by atoms with Gasteiger partial charge in [0.15, 0.2) is 0 Å². The van der Waals surface area contributed by atoms with Crippen molar-refractivity contribution in [1.29, 1.82) is 5.26 Å². The molecule has 0 aliphatic rings. The lowest BCUT2D eigenvalue weighted by atomic mass is 10.2. The van der Waals surface area contributed by atoms with Gasteiger partial charge in [-0.1, -0.05) is 17.8 Å². The molecule has 0 atom stereocenters. The van der Waals surface area contributed by atoms with Crippen LogP contribution < -0.4 is 10.7 Å². The van der Waals surface area contributed by atoms with Gasteiger partial charge in [0.1, 0.15) is 15.9 Å². The van der Waals surface area contributed by atoms with Crippen LogP contribution in [0.15, 0.2) is 34.8 Å². The molecule has 0 aliphatic carbocycles. The quantitative estimate of drug-likeness (QED) is 0.179. The predicted molar refractivity (Wildman–Crippen MR) is 126 cm³/mol. The van der Waals surface area contributed by atoms with Crippen molar-refractivity contribution >= 4 is 51.6 Å². The largest absolute Gasteiger partial charge is 0.462 e. The molecule has 3 aromatic heterocycles. The maximum atomic E-state index is 12.4. The molecule has 0 fully saturated rings. The smallest absolute Gasteiger partial charge is 0.348 e. The van der Waals surface area contributed by atoms with Crippen molar-refractivity contribution in [2.75, 3.05) is 23.1 Å². The predicted octanol–water partition coefficient (Wildman–Crippen LogP) is 3.18. The summed E-state index contributed by atoms with van der Waals surface area (Å²) in [6.45, 7) is 5.39. The number of rotatable bonds is 9. The van der Waals surface area contributed by atoms with E-state index in [4.69, 9.17) is 4.74 Å². The molecule has 3 N–H and O–H groups in total. The number of carbonyl (C=O) groups is 2. The number of thiophene rings is 1. The van der Waals surface area contributed by atoms with Crippen LogP contribution in [-0.2, 0) is 9.53 Å². The Hall–Kier alpha value is -3.76. The Morgan fingerprint density at radius 2 is 2.24 bits per heavy atom. The minimum absolute atomic E-state index is 0.00578. The fraction of sp³-hybridized carbons (Fsp3) is 0.250. The molecule has 1 amide bonds. The van der Waals surface area contributed by atoms with E-state index in [9.17, 15) is 14.9 Å². The van der Waals surface area contributed by atoms with Gasteiger partial charge in [-0.05, 0) is 32.4 Å². The number of nitrogens with zero attached hydrogens (tertiary/aromatic N) is 5. The Morgan fingerprint density at radius 3 is 2.94 bits per heavy atom. The van der Waals surface area contributed by atoms with Gasteiger partial charge < -0.3 is 10.1 Å². The summed E-state index contributed by atoms with van der Waals surface area (Å²) in [6, 6.07) is 5.73. The van der Waals surface area contributed by atoms with Crippen LogP contribution >= 0.6 is 23.1 Å². The molecule has 11 nitrogen and oxygen atoms in total. The first-order valence-corrected chi connectivity index (χ1v) is 11.5. The van der Waals surface area contributed by atoms with Gasteiger partial charge in [-0.25, -0.2) is 15.3 Å². The molecule has 0 spiro atoms. The second-order valence-corrected chi connectivity index (χ2v) is 8.41. The molecule has 33 heavy (non-hydrogen) atoms. The van der Waals surface area contributed by atoms with Crippen LogP contribution in [0.3, 0.4) is 0 Å². The summed E-state index contributed by atoms with van der Waals surface area (Å²) in [7, 11) is 0. The van der Waals surface area contributed by atoms with Crippen molar-refractivity contribution in [3.63, 3.8) is 0 Å². The van der Waals surface area contributed by atoms with E-state index in [1.807, 2.05) is 25.1 Å². The first-order valence-electron chi connectivity index (χ1n) is 9.69. The lowest BCUT2D eigenvalue weighted by Gasteiger charge is -2.01. The molecule has 0 saturated heterocycles. The third kappa shape index (κ3) is 6.15. The number of carbonyl (C=O) groups excluding carboxylic acids is 2. The van der Waals surface area contributed by atoms with E-state index in [-0.39, 0.29) is 23.8 Å². The van der Waals surface area contributed by atoms with Crippen molar-refractivity contribution in [3.05, 3.63) is 46.1 Å². The molecule has 0 radical (unpaired) electrons. The Balaban J connectivity index is 1.57. The second-order valence-electron chi connectivity index (χ2n) is 6.45. The Labute approximate surface area is 197 Å². The molecule has 0 aromatic carbocycles. The maximum absolute atomic E-state index is 12.4. The number of amides is 1. The van der Waals surface area contributed by atoms with Crippen LogP contribution in [0.25, 0.3) is 0 Å². The van der Waals surface area contributed by atoms with Gasteiger partial charge in [0, 0.05) is 18.0 Å². The highest BCUT2D eigenvalue weighted by Crippen LogP contribution is 2.33. The van der Waals surface area contributed by atoms with Crippen LogP contribution in [0.2, 0.25) is 0 Å². The number of aromatic nitrogens is 4. The van der Waals surface area contributed by atoms with Crippen LogP contribution in [0.4, 0.5) is 10.9 Å². The summed E-state index contributed by atoms with van der Waals surface area (Å²) in [6.07, 6.45) is 3.38. The third-order valence-electron chi connectivity index (χ3n) is 4.18. The molecule has 0 saturated carbocycles. The van der Waals surface area contributed by atoms with Crippen molar-refractivity contribution in [1.82, 2.24) is 20.2 Å². The molecule has 0 bridgehead atoms. The number of thioether (sulfide) groups is 1. The minimum atomic E-state index is -0.520. The number of nitriles is 1. The highest BCUT2D eigenvalue weighted by Gasteiger charge is 2.22. The van der Waals surface area contributed by atoms with Crippen LogP contribution in [0.5, 0.6) is 0 Å². The molecule has 3 heterocycles. The molecular weight excluding hydrogens is 464 g/mol. The van der Waals surface area contributed by atoms with Crippen LogP contribution in [0.1, 0.15) is 40.2 Å². The fourth-order valence-electron chi connectivity index (χ4n) is 2.56. The summed E-state index contributed by atoms with van der Waals surface area (Å²) in [5.41, 5.74) is 5.08. The molecule has 170 valence electrons. The van der Waals surface area contributed by atoms with Gasteiger partial charge in [0.05, 0.1) is 23.6 Å². The zero-order valence-corrected chi connectivity index (χ0v) is 19.6. The number of esters is 1. The van der Waals surface area contributed by atoms with Gasteiger partial charge in [0.2, 0.25) is 17.0 Å². The maximum Gasteiger partial charge on any atom is 0.348 e. The number of aromatic amines is 1. The Kier molecular flexibility index (Phi) is 8.11. The molecule has 3 aromatic rings. The van der Waals surface area contributed by atoms with E-state index in [1.165, 1.54) is 0 Å². The lowest BCUT2D eigenvalue weighted by molar-refractivity contribution is -0.113. The number of pyridine rings is 1. The number of ether oxygens (including phenoxy) is 1. The van der Waals surface area contributed by atoms with Crippen molar-refractivity contribution in [3.8, 4) is 6.07 Å². The zero-order chi connectivity index (χ0) is 23.8. The van der Waals surface area contributed by atoms with Gasteiger partial charge >= 0.3 is 5.97 Å². The SMILES string of the molecule is CCOC(=O)c1sc(NC(=O)CSc2n[nH]c(N/N=C(/C)c3cccnc3)n2)c(C#N)c1C. The molecule has 13 heteroatoms. The Morgan fingerprint density at radius 1 is 1.42 bits per heavy atom. The second kappa shape index (κ2) is 11.2. The van der Waals surface area contributed by atoms with E-state index in [0.29, 0.717) is 26.5 Å². The first-order chi connectivity index (χ1) is 15.9. The van der Waals surface area contributed by atoms with E-state index in [0.717, 1.165) is 34.4 Å². The summed E-state index contributed by atoms with van der Waals surface area (Å²) in [5, 5.41) is 23.7. The van der Waals surface area contributed by atoms with Gasteiger partial charge in [-0.3, -0.25) is 9.78 Å². The van der Waals surface area contributed by atoms with Crippen molar-refractivity contribution in [2.24, 2.45) is 5.10 Å². The van der Waals surface area contributed by atoms with E-state index >= 15 is 0 Å². The minimum Gasteiger partial charge on any atom is -0.462 e. The summed E-state index contributed by atoms with van der Waals surface area (Å²) in [4.78, 5) is 33.0. The number of H-pyrrole nitrogens is 1. The highest BCUT2D eigenvalue weighted by atomic mass is 32.2. The van der Waals surface area contributed by atoms with Crippen LogP contribution in [-0.4, -0.2) is 50.1 Å². The lowest BCUT2D eigenvalue weighted by Crippen LogP contribution is -2.14. The monoisotopic (exact) mass is 484 g/mol. The number of hydrogen-bond acceptors (Lipinski definition) is 11. The van der Waals surface area contributed by atoms with Crippen LogP contribution in [0, 0.1) is 18.3 Å². The summed E-state index contributed by atoms with van der Waals surface area (Å²) in [5.74, 6) is -0.557. The average molecular weight is 485 g/mol. The number of hydrogen-bond donors (Lipinski definition) is 3. The number of nitrogens with one attached hydrogen (secondary N) is 3. The van der Waals surface area contributed by atoms with E-state index in [2.05, 4.69) is 36.0 Å². The third-order valence-corrected chi connectivity index (χ3v) is 6.21. The Bertz CT molecular complexity index is 1210. The number of anilines is 2. The highest BCUT2D eigenvalue weighted by molar-refractivity contribution is 7.99. The topological polar surface area (TPSA) is 158 Å².